The Morgan fingerprint density at radius 1 is 1.32 bits per heavy atom. The van der Waals surface area contributed by atoms with Crippen LogP contribution in [0.15, 0.2) is 48.9 Å². The van der Waals surface area contributed by atoms with Crippen molar-refractivity contribution in [3.05, 3.63) is 59.5 Å². The van der Waals surface area contributed by atoms with E-state index in [0.717, 1.165) is 29.3 Å². The van der Waals surface area contributed by atoms with Crippen molar-refractivity contribution in [3.63, 3.8) is 0 Å². The molecule has 3 rings (SSSR count). The number of carbonyl (C=O) groups is 1. The number of rotatable bonds is 7. The number of unbranched alkanes of at least 4 members (excludes halogenated alkanes) is 1. The molecule has 0 spiro atoms. The van der Waals surface area contributed by atoms with Crippen LogP contribution in [-0.2, 0) is 11.2 Å². The minimum Gasteiger partial charge on any atom is -0.414 e. The largest absolute Gasteiger partial charge is 0.414 e. The van der Waals surface area contributed by atoms with Gasteiger partial charge in [0, 0.05) is 24.0 Å². The molecule has 1 aromatic carbocycles. The van der Waals surface area contributed by atoms with Crippen LogP contribution in [0.4, 0.5) is 5.69 Å². The number of amides is 1. The van der Waals surface area contributed by atoms with Crippen molar-refractivity contribution < 1.29 is 9.63 Å². The van der Waals surface area contributed by atoms with Gasteiger partial charge >= 0.3 is 0 Å². The second kappa shape index (κ2) is 8.03. The number of hydrogen-bond donors (Lipinski definition) is 1. The Bertz CT molecular complexity index is 876. The van der Waals surface area contributed by atoms with E-state index in [0.29, 0.717) is 17.3 Å². The third kappa shape index (κ3) is 4.12. The van der Waals surface area contributed by atoms with E-state index in [-0.39, 0.29) is 12.3 Å². The zero-order valence-corrected chi connectivity index (χ0v) is 14.8. The van der Waals surface area contributed by atoms with Gasteiger partial charge in [-0.2, -0.15) is 4.73 Å². The number of fused-ring (bicyclic) bond motifs is 1. The van der Waals surface area contributed by atoms with Gasteiger partial charge in [0.1, 0.15) is 6.61 Å². The summed E-state index contributed by atoms with van der Waals surface area (Å²) in [5.74, 6) is -0.135. The number of pyridine rings is 1. The van der Waals surface area contributed by atoms with E-state index in [9.17, 15) is 4.79 Å². The van der Waals surface area contributed by atoms with Crippen LogP contribution < -0.4 is 10.2 Å². The summed E-state index contributed by atoms with van der Waals surface area (Å²) < 4.78 is 1.76. The third-order valence-electron chi connectivity index (χ3n) is 3.89. The predicted molar refractivity (Wildman–Crippen MR) is 99.9 cm³/mol. The molecule has 0 aliphatic heterocycles. The molecule has 0 radical (unpaired) electrons. The highest BCUT2D eigenvalue weighted by Crippen LogP contribution is 2.23. The van der Waals surface area contributed by atoms with E-state index in [1.807, 2.05) is 30.5 Å². The molecule has 0 saturated heterocycles. The van der Waals surface area contributed by atoms with Gasteiger partial charge in [-0.1, -0.05) is 43.1 Å². The van der Waals surface area contributed by atoms with Crippen LogP contribution in [0.5, 0.6) is 0 Å². The molecule has 0 saturated carbocycles. The van der Waals surface area contributed by atoms with Crippen molar-refractivity contribution in [1.82, 2.24) is 9.71 Å². The van der Waals surface area contributed by atoms with E-state index >= 15 is 0 Å². The van der Waals surface area contributed by atoms with E-state index in [1.165, 1.54) is 6.20 Å². The summed E-state index contributed by atoms with van der Waals surface area (Å²) in [6.45, 7) is 2.77. The molecule has 0 bridgehead atoms. The first-order chi connectivity index (χ1) is 12.2. The van der Waals surface area contributed by atoms with Gasteiger partial charge in [0.2, 0.25) is 5.91 Å². The lowest BCUT2D eigenvalue weighted by atomic mass is 10.1. The van der Waals surface area contributed by atoms with Crippen LogP contribution in [0.25, 0.3) is 10.9 Å². The highest BCUT2D eigenvalue weighted by atomic mass is 35.5. The molecular formula is C19H20ClN3O2. The number of hydrogen-bond acceptors (Lipinski definition) is 3. The first-order valence-electron chi connectivity index (χ1n) is 8.30. The third-order valence-corrected chi connectivity index (χ3v) is 4.19. The fraction of sp³-hybridized carbons (Fsp3) is 0.263. The number of nitrogens with one attached hydrogen (secondary N) is 1. The average Bonchev–Trinajstić information content (AvgIpc) is 2.95. The molecule has 5 nitrogen and oxygen atoms in total. The number of carbonyl (C=O) groups excluding carboxylic acids is 1. The number of para-hydroxylation sites is 1. The minimum atomic E-state index is -0.135. The van der Waals surface area contributed by atoms with Crippen molar-refractivity contribution in [2.75, 3.05) is 11.9 Å². The number of anilines is 1. The van der Waals surface area contributed by atoms with Crippen molar-refractivity contribution in [2.24, 2.45) is 0 Å². The van der Waals surface area contributed by atoms with E-state index in [1.54, 1.807) is 17.0 Å². The van der Waals surface area contributed by atoms with Crippen LogP contribution in [0, 0.1) is 0 Å². The molecule has 6 heteroatoms. The van der Waals surface area contributed by atoms with Crippen LogP contribution >= 0.6 is 11.6 Å². The lowest BCUT2D eigenvalue weighted by molar-refractivity contribution is -0.115. The zero-order valence-electron chi connectivity index (χ0n) is 14.0. The van der Waals surface area contributed by atoms with Crippen molar-refractivity contribution in [1.29, 1.82) is 0 Å². The topological polar surface area (TPSA) is 56.1 Å². The molecule has 1 amide bonds. The van der Waals surface area contributed by atoms with Crippen LogP contribution in [0.1, 0.15) is 25.3 Å². The fourth-order valence-electron chi connectivity index (χ4n) is 2.62. The van der Waals surface area contributed by atoms with Gasteiger partial charge in [-0.3, -0.25) is 9.78 Å². The molecule has 0 aliphatic rings. The molecule has 3 aromatic rings. The molecule has 2 aromatic heterocycles. The quantitative estimate of drug-likeness (QED) is 0.648. The molecule has 0 atom stereocenters. The lowest BCUT2D eigenvalue weighted by Gasteiger charge is -2.07. The number of halogens is 1. The number of aromatic nitrogens is 2. The Morgan fingerprint density at radius 2 is 2.16 bits per heavy atom. The summed E-state index contributed by atoms with van der Waals surface area (Å²) >= 11 is 6.04. The SMILES string of the molecule is CCCCOn1cc(CC(=O)Nc2ccncc2Cl)c2ccccc21. The summed E-state index contributed by atoms with van der Waals surface area (Å²) in [6, 6.07) is 9.58. The fourth-order valence-corrected chi connectivity index (χ4v) is 2.78. The maximum absolute atomic E-state index is 12.4. The second-order valence-corrected chi connectivity index (χ2v) is 6.17. The molecule has 1 N–H and O–H groups in total. The molecule has 25 heavy (non-hydrogen) atoms. The smallest absolute Gasteiger partial charge is 0.228 e. The molecule has 130 valence electrons. The standard InChI is InChI=1S/C19H20ClN3O2/c1-2-3-10-25-23-13-14(15-6-4-5-7-18(15)23)11-19(24)22-17-8-9-21-12-16(17)20/h4-9,12-13H,2-3,10-11H2,1H3,(H,21,22,24). The van der Waals surface area contributed by atoms with Gasteiger partial charge in [0.25, 0.3) is 0 Å². The number of benzene rings is 1. The monoisotopic (exact) mass is 357 g/mol. The summed E-state index contributed by atoms with van der Waals surface area (Å²) in [5, 5.41) is 4.25. The van der Waals surface area contributed by atoms with Gasteiger partial charge in [-0.15, -0.1) is 0 Å². The van der Waals surface area contributed by atoms with E-state index in [2.05, 4.69) is 17.2 Å². The maximum Gasteiger partial charge on any atom is 0.228 e. The first kappa shape index (κ1) is 17.3. The molecule has 2 heterocycles. The van der Waals surface area contributed by atoms with Crippen LogP contribution in [0.2, 0.25) is 5.02 Å². The highest BCUT2D eigenvalue weighted by Gasteiger charge is 2.13. The predicted octanol–water partition coefficient (Wildman–Crippen LogP) is 4.10. The van der Waals surface area contributed by atoms with Gasteiger partial charge in [-0.25, -0.2) is 0 Å². The average molecular weight is 358 g/mol. The molecule has 0 unspecified atom stereocenters. The zero-order chi connectivity index (χ0) is 17.6. The van der Waals surface area contributed by atoms with Crippen molar-refractivity contribution in [3.8, 4) is 0 Å². The highest BCUT2D eigenvalue weighted by molar-refractivity contribution is 6.33. The molecule has 0 fully saturated rings. The Hall–Kier alpha value is -2.53. The van der Waals surface area contributed by atoms with Crippen molar-refractivity contribution in [2.45, 2.75) is 26.2 Å². The van der Waals surface area contributed by atoms with Crippen LogP contribution in [-0.4, -0.2) is 22.2 Å². The Labute approximate surface area is 151 Å². The van der Waals surface area contributed by atoms with Gasteiger partial charge in [0.15, 0.2) is 0 Å². The van der Waals surface area contributed by atoms with Crippen LogP contribution in [0.3, 0.4) is 0 Å². The normalized spacial score (nSPS) is 10.8. The Morgan fingerprint density at radius 3 is 2.96 bits per heavy atom. The van der Waals surface area contributed by atoms with E-state index in [4.69, 9.17) is 16.4 Å². The van der Waals surface area contributed by atoms with E-state index < -0.39 is 0 Å². The summed E-state index contributed by atoms with van der Waals surface area (Å²) in [5.41, 5.74) is 2.43. The Balaban J connectivity index is 1.78. The summed E-state index contributed by atoms with van der Waals surface area (Å²) in [7, 11) is 0. The summed E-state index contributed by atoms with van der Waals surface area (Å²) in [6.07, 6.45) is 7.28. The first-order valence-corrected chi connectivity index (χ1v) is 8.68. The second-order valence-electron chi connectivity index (χ2n) is 5.76. The van der Waals surface area contributed by atoms with Gasteiger partial charge in [0.05, 0.1) is 22.6 Å². The van der Waals surface area contributed by atoms with Crippen molar-refractivity contribution >= 4 is 34.1 Å². The maximum atomic E-state index is 12.4. The minimum absolute atomic E-state index is 0.135. The van der Waals surface area contributed by atoms with Gasteiger partial charge in [-0.05, 0) is 24.1 Å². The molecular weight excluding hydrogens is 338 g/mol. The summed E-state index contributed by atoms with van der Waals surface area (Å²) in [4.78, 5) is 22.1. The number of nitrogens with zero attached hydrogens (tertiary/aromatic N) is 2. The lowest BCUT2D eigenvalue weighted by Crippen LogP contribution is -2.15. The van der Waals surface area contributed by atoms with Gasteiger partial charge < -0.3 is 10.2 Å². The Kier molecular flexibility index (Phi) is 5.56. The molecule has 0 aliphatic carbocycles.